The third-order valence-corrected chi connectivity index (χ3v) is 2.57. The molecule has 0 bridgehead atoms. The highest BCUT2D eigenvalue weighted by atomic mass is 35.5. The van der Waals surface area contributed by atoms with E-state index in [4.69, 9.17) is 16.3 Å². The SMILES string of the molecule is COCC(Cl)CN(C)CCSC(F)(F)F. The highest BCUT2D eigenvalue weighted by Crippen LogP contribution is 2.29. The Balaban J connectivity index is 3.53. The van der Waals surface area contributed by atoms with Crippen LogP contribution in [0.5, 0.6) is 0 Å². The smallest absolute Gasteiger partial charge is 0.383 e. The minimum atomic E-state index is -4.15. The molecule has 0 rings (SSSR count). The molecule has 0 aromatic carbocycles. The summed E-state index contributed by atoms with van der Waals surface area (Å²) in [6, 6.07) is 0. The number of methoxy groups -OCH3 is 1. The van der Waals surface area contributed by atoms with Crippen molar-refractivity contribution in [2.24, 2.45) is 0 Å². The fraction of sp³-hybridized carbons (Fsp3) is 1.00. The second-order valence-electron chi connectivity index (χ2n) is 3.11. The number of thioether (sulfide) groups is 1. The zero-order valence-corrected chi connectivity index (χ0v) is 10.3. The van der Waals surface area contributed by atoms with Gasteiger partial charge in [0.1, 0.15) is 0 Å². The maximum Gasteiger partial charge on any atom is 0.441 e. The zero-order valence-electron chi connectivity index (χ0n) is 8.68. The van der Waals surface area contributed by atoms with Crippen LogP contribution in [-0.4, -0.2) is 55.4 Å². The highest BCUT2D eigenvalue weighted by molar-refractivity contribution is 8.00. The molecule has 0 aliphatic carbocycles. The average Bonchev–Trinajstić information content (AvgIpc) is 2.01. The average molecular weight is 266 g/mol. The molecule has 0 heterocycles. The first-order valence-electron chi connectivity index (χ1n) is 4.37. The Morgan fingerprint density at radius 1 is 1.47 bits per heavy atom. The molecule has 1 atom stereocenters. The third kappa shape index (κ3) is 10.6. The lowest BCUT2D eigenvalue weighted by Crippen LogP contribution is -2.30. The molecule has 0 fully saturated rings. The highest BCUT2D eigenvalue weighted by Gasteiger charge is 2.27. The summed E-state index contributed by atoms with van der Waals surface area (Å²) in [6.07, 6.45) is 0. The van der Waals surface area contributed by atoms with Gasteiger partial charge in [-0.2, -0.15) is 13.2 Å². The van der Waals surface area contributed by atoms with Gasteiger partial charge in [-0.3, -0.25) is 0 Å². The molecule has 0 saturated heterocycles. The maximum atomic E-state index is 11.8. The van der Waals surface area contributed by atoms with Crippen LogP contribution in [0.2, 0.25) is 0 Å². The summed E-state index contributed by atoms with van der Waals surface area (Å²) in [6.45, 7) is 1.28. The summed E-state index contributed by atoms with van der Waals surface area (Å²) in [5.74, 6) is 0.0244. The lowest BCUT2D eigenvalue weighted by Gasteiger charge is -2.19. The molecule has 0 radical (unpaired) electrons. The van der Waals surface area contributed by atoms with Crippen LogP contribution in [0.3, 0.4) is 0 Å². The van der Waals surface area contributed by atoms with Gasteiger partial charge >= 0.3 is 5.51 Å². The van der Waals surface area contributed by atoms with E-state index < -0.39 is 5.51 Å². The number of hydrogen-bond acceptors (Lipinski definition) is 3. The van der Waals surface area contributed by atoms with E-state index in [1.54, 1.807) is 11.9 Å². The van der Waals surface area contributed by atoms with Crippen molar-refractivity contribution in [3.05, 3.63) is 0 Å². The van der Waals surface area contributed by atoms with Crippen molar-refractivity contribution in [1.29, 1.82) is 0 Å². The van der Waals surface area contributed by atoms with E-state index in [9.17, 15) is 13.2 Å². The summed E-state index contributed by atoms with van der Waals surface area (Å²) < 4.78 is 40.2. The second-order valence-corrected chi connectivity index (χ2v) is 4.89. The van der Waals surface area contributed by atoms with Gasteiger partial charge in [0.15, 0.2) is 0 Å². The van der Waals surface area contributed by atoms with Crippen LogP contribution in [0.15, 0.2) is 0 Å². The van der Waals surface area contributed by atoms with E-state index in [0.717, 1.165) is 0 Å². The normalized spacial score (nSPS) is 14.6. The van der Waals surface area contributed by atoms with Gasteiger partial charge in [0.2, 0.25) is 0 Å². The molecule has 0 aromatic heterocycles. The van der Waals surface area contributed by atoms with Gasteiger partial charge in [0, 0.05) is 26.0 Å². The topological polar surface area (TPSA) is 12.5 Å². The largest absolute Gasteiger partial charge is 0.441 e. The van der Waals surface area contributed by atoms with Crippen LogP contribution in [-0.2, 0) is 4.74 Å². The van der Waals surface area contributed by atoms with Gasteiger partial charge in [-0.25, -0.2) is 0 Å². The standard InChI is InChI=1S/C8H15ClF3NOS/c1-13(5-7(9)6-14-2)3-4-15-8(10,11)12/h7H,3-6H2,1-2H3. The van der Waals surface area contributed by atoms with Crippen molar-refractivity contribution in [3.8, 4) is 0 Å². The van der Waals surface area contributed by atoms with Gasteiger partial charge in [-0.15, -0.1) is 11.6 Å². The van der Waals surface area contributed by atoms with E-state index in [1.165, 1.54) is 7.11 Å². The summed E-state index contributed by atoms with van der Waals surface area (Å²) >= 11 is 5.84. The lowest BCUT2D eigenvalue weighted by molar-refractivity contribution is -0.0328. The molecule has 0 aliphatic rings. The Labute approximate surface area is 97.1 Å². The Morgan fingerprint density at radius 3 is 2.53 bits per heavy atom. The number of hydrogen-bond donors (Lipinski definition) is 0. The monoisotopic (exact) mass is 265 g/mol. The van der Waals surface area contributed by atoms with E-state index in [-0.39, 0.29) is 22.9 Å². The molecule has 0 saturated carbocycles. The molecule has 0 N–H and O–H groups in total. The van der Waals surface area contributed by atoms with Crippen LogP contribution in [0.4, 0.5) is 13.2 Å². The summed E-state index contributed by atoms with van der Waals surface area (Å²) in [7, 11) is 3.27. The van der Waals surface area contributed by atoms with Crippen LogP contribution in [0.1, 0.15) is 0 Å². The Bertz CT molecular complexity index is 170. The fourth-order valence-electron chi connectivity index (χ4n) is 0.980. The quantitative estimate of drug-likeness (QED) is 0.656. The van der Waals surface area contributed by atoms with Gasteiger partial charge in [-0.1, -0.05) is 0 Å². The molecular weight excluding hydrogens is 251 g/mol. The number of halogens is 4. The van der Waals surface area contributed by atoms with Crippen molar-refractivity contribution < 1.29 is 17.9 Å². The summed E-state index contributed by atoms with van der Waals surface area (Å²) in [5.41, 5.74) is -4.15. The second kappa shape index (κ2) is 7.60. The maximum absolute atomic E-state index is 11.8. The first kappa shape index (κ1) is 15.3. The van der Waals surface area contributed by atoms with Gasteiger partial charge < -0.3 is 9.64 Å². The number of rotatable bonds is 7. The molecule has 92 valence electrons. The van der Waals surface area contributed by atoms with Crippen LogP contribution < -0.4 is 0 Å². The molecular formula is C8H15ClF3NOS. The Kier molecular flexibility index (Phi) is 7.77. The number of alkyl halides is 4. The molecule has 0 aliphatic heterocycles. The van der Waals surface area contributed by atoms with Crippen molar-refractivity contribution in [2.75, 3.05) is 39.6 Å². The van der Waals surface area contributed by atoms with Gasteiger partial charge in [0.25, 0.3) is 0 Å². The first-order chi connectivity index (χ1) is 6.85. The van der Waals surface area contributed by atoms with Crippen molar-refractivity contribution in [3.63, 3.8) is 0 Å². The van der Waals surface area contributed by atoms with Crippen molar-refractivity contribution in [2.45, 2.75) is 10.9 Å². The Morgan fingerprint density at radius 2 is 2.07 bits per heavy atom. The fourth-order valence-corrected chi connectivity index (χ4v) is 1.98. The lowest BCUT2D eigenvalue weighted by atomic mass is 10.4. The van der Waals surface area contributed by atoms with Crippen LogP contribution in [0, 0.1) is 0 Å². The summed E-state index contributed by atoms with van der Waals surface area (Å²) in [5, 5.41) is -0.184. The summed E-state index contributed by atoms with van der Waals surface area (Å²) in [4.78, 5) is 1.76. The number of nitrogens with zero attached hydrogens (tertiary/aromatic N) is 1. The molecule has 0 aromatic rings. The molecule has 2 nitrogen and oxygen atoms in total. The van der Waals surface area contributed by atoms with E-state index >= 15 is 0 Å². The van der Waals surface area contributed by atoms with Gasteiger partial charge in [0.05, 0.1) is 12.0 Å². The van der Waals surface area contributed by atoms with Crippen LogP contribution in [0.25, 0.3) is 0 Å². The van der Waals surface area contributed by atoms with Crippen LogP contribution >= 0.6 is 23.4 Å². The van der Waals surface area contributed by atoms with Crippen molar-refractivity contribution in [1.82, 2.24) is 4.90 Å². The van der Waals surface area contributed by atoms with E-state index in [2.05, 4.69) is 0 Å². The molecule has 0 amide bonds. The number of ether oxygens (including phenoxy) is 1. The van der Waals surface area contributed by atoms with Crippen molar-refractivity contribution >= 4 is 23.4 Å². The van der Waals surface area contributed by atoms with Gasteiger partial charge in [-0.05, 0) is 18.8 Å². The first-order valence-corrected chi connectivity index (χ1v) is 5.79. The minimum absolute atomic E-state index is 0.0137. The predicted molar refractivity (Wildman–Crippen MR) is 57.5 cm³/mol. The van der Waals surface area contributed by atoms with E-state index in [0.29, 0.717) is 19.7 Å². The minimum Gasteiger partial charge on any atom is -0.383 e. The Hall–Kier alpha value is 0.350. The zero-order chi connectivity index (χ0) is 11.9. The molecule has 15 heavy (non-hydrogen) atoms. The molecule has 1 unspecified atom stereocenters. The van der Waals surface area contributed by atoms with E-state index in [1.807, 2.05) is 0 Å². The third-order valence-electron chi connectivity index (χ3n) is 1.60. The predicted octanol–water partition coefficient (Wildman–Crippen LogP) is 2.43. The molecule has 7 heteroatoms. The molecule has 0 spiro atoms.